The molecule has 1 atom stereocenters. The van der Waals surface area contributed by atoms with Crippen molar-refractivity contribution in [1.29, 1.82) is 5.26 Å². The fraction of sp³-hybridized carbons (Fsp3) is 0.462. The molecule has 1 heterocycles. The molecule has 0 fully saturated rings. The van der Waals surface area contributed by atoms with Crippen molar-refractivity contribution in [2.45, 2.75) is 32.5 Å². The van der Waals surface area contributed by atoms with Gasteiger partial charge in [-0.1, -0.05) is 0 Å². The number of nitrogens with zero attached hydrogens (tertiary/aromatic N) is 2. The molecule has 0 aromatic carbocycles. The lowest BCUT2D eigenvalue weighted by Gasteiger charge is -2.20. The number of ether oxygens (including phenoxy) is 1. The van der Waals surface area contributed by atoms with Crippen molar-refractivity contribution in [2.75, 3.05) is 6.54 Å². The minimum Gasteiger partial charge on any atom is -0.444 e. The van der Waals surface area contributed by atoms with Gasteiger partial charge in [0.15, 0.2) is 0 Å². The standard InChI is InChI=1S/C13H17N3O3/c1-13(2,3)19-12(18)16-8-11(17)10-5-4-9(6-14)7-15-10/h4-5,7,11,17H,8H2,1-3H3,(H,16,18). The van der Waals surface area contributed by atoms with Gasteiger partial charge in [-0.25, -0.2) is 4.79 Å². The van der Waals surface area contributed by atoms with E-state index in [1.54, 1.807) is 32.9 Å². The number of aliphatic hydroxyl groups excluding tert-OH is 1. The lowest BCUT2D eigenvalue weighted by atomic mass is 10.2. The van der Waals surface area contributed by atoms with Crippen LogP contribution in [0.15, 0.2) is 18.3 Å². The van der Waals surface area contributed by atoms with Gasteiger partial charge in [0.1, 0.15) is 17.8 Å². The summed E-state index contributed by atoms with van der Waals surface area (Å²) >= 11 is 0. The first-order chi connectivity index (χ1) is 8.81. The molecule has 1 amide bonds. The summed E-state index contributed by atoms with van der Waals surface area (Å²) in [6, 6.07) is 5.03. The number of carbonyl (C=O) groups excluding carboxylic acids is 1. The highest BCUT2D eigenvalue weighted by Crippen LogP contribution is 2.10. The fourth-order valence-corrected chi connectivity index (χ4v) is 1.27. The van der Waals surface area contributed by atoms with Crippen LogP contribution >= 0.6 is 0 Å². The van der Waals surface area contributed by atoms with Crippen LogP contribution in [0.3, 0.4) is 0 Å². The first kappa shape index (κ1) is 14.9. The minimum atomic E-state index is -0.944. The predicted octanol–water partition coefficient (Wildman–Crippen LogP) is 1.51. The number of hydrogen-bond donors (Lipinski definition) is 2. The molecular formula is C13H17N3O3. The number of aromatic nitrogens is 1. The van der Waals surface area contributed by atoms with Crippen LogP contribution in [0, 0.1) is 11.3 Å². The van der Waals surface area contributed by atoms with E-state index in [-0.39, 0.29) is 6.54 Å². The smallest absolute Gasteiger partial charge is 0.407 e. The van der Waals surface area contributed by atoms with E-state index in [0.717, 1.165) is 0 Å². The van der Waals surface area contributed by atoms with Gasteiger partial charge in [0.05, 0.1) is 17.8 Å². The van der Waals surface area contributed by atoms with E-state index in [9.17, 15) is 9.90 Å². The fourth-order valence-electron chi connectivity index (χ4n) is 1.27. The van der Waals surface area contributed by atoms with Crippen LogP contribution in [0.5, 0.6) is 0 Å². The lowest BCUT2D eigenvalue weighted by Crippen LogP contribution is -2.34. The Labute approximate surface area is 112 Å². The molecule has 1 aromatic rings. The van der Waals surface area contributed by atoms with Gasteiger partial charge in [0.25, 0.3) is 0 Å². The van der Waals surface area contributed by atoms with Crippen LogP contribution in [0.4, 0.5) is 4.79 Å². The number of alkyl carbamates (subject to hydrolysis) is 1. The molecule has 102 valence electrons. The summed E-state index contributed by atoms with van der Waals surface area (Å²) in [4.78, 5) is 15.3. The minimum absolute atomic E-state index is 0.00614. The SMILES string of the molecule is CC(C)(C)OC(=O)NCC(O)c1ccc(C#N)cn1. The third-order valence-electron chi connectivity index (χ3n) is 2.10. The zero-order valence-electron chi connectivity index (χ0n) is 11.2. The second kappa shape index (κ2) is 6.16. The number of carbonyl (C=O) groups is 1. The molecule has 0 spiro atoms. The normalized spacial score (nSPS) is 12.4. The predicted molar refractivity (Wildman–Crippen MR) is 68.1 cm³/mol. The zero-order valence-corrected chi connectivity index (χ0v) is 11.2. The summed E-state index contributed by atoms with van der Waals surface area (Å²) in [5.41, 5.74) is 0.216. The van der Waals surface area contributed by atoms with Gasteiger partial charge >= 0.3 is 6.09 Å². The number of pyridine rings is 1. The van der Waals surface area contributed by atoms with E-state index < -0.39 is 17.8 Å². The molecule has 0 aliphatic rings. The molecule has 6 heteroatoms. The average Bonchev–Trinajstić information content (AvgIpc) is 2.34. The summed E-state index contributed by atoms with van der Waals surface area (Å²) in [5.74, 6) is 0. The number of amides is 1. The van der Waals surface area contributed by atoms with Gasteiger partial charge in [0, 0.05) is 6.20 Å². The number of nitrogens with one attached hydrogen (secondary N) is 1. The van der Waals surface area contributed by atoms with Crippen LogP contribution < -0.4 is 5.32 Å². The summed E-state index contributed by atoms with van der Waals surface area (Å²) < 4.78 is 5.04. The van der Waals surface area contributed by atoms with Crippen molar-refractivity contribution in [2.24, 2.45) is 0 Å². The lowest BCUT2D eigenvalue weighted by molar-refractivity contribution is 0.0490. The van der Waals surface area contributed by atoms with E-state index in [1.165, 1.54) is 6.20 Å². The van der Waals surface area contributed by atoms with E-state index in [4.69, 9.17) is 10.00 Å². The Bertz CT molecular complexity index is 471. The van der Waals surface area contributed by atoms with Gasteiger partial charge in [-0.2, -0.15) is 5.26 Å². The molecule has 1 aromatic heterocycles. The third kappa shape index (κ3) is 5.36. The maximum Gasteiger partial charge on any atom is 0.407 e. The molecule has 0 aliphatic carbocycles. The van der Waals surface area contributed by atoms with E-state index >= 15 is 0 Å². The largest absolute Gasteiger partial charge is 0.444 e. The Hall–Kier alpha value is -2.13. The highest BCUT2D eigenvalue weighted by molar-refractivity contribution is 5.67. The van der Waals surface area contributed by atoms with Crippen LogP contribution in [0.2, 0.25) is 0 Å². The maximum atomic E-state index is 11.4. The first-order valence-corrected chi connectivity index (χ1v) is 5.83. The Kier molecular flexibility index (Phi) is 4.84. The molecule has 6 nitrogen and oxygen atoms in total. The summed E-state index contributed by atoms with van der Waals surface area (Å²) in [5, 5.41) is 20.9. The summed E-state index contributed by atoms with van der Waals surface area (Å²) in [6.07, 6.45) is -0.174. The Morgan fingerprint density at radius 3 is 2.74 bits per heavy atom. The number of aliphatic hydroxyl groups is 1. The van der Waals surface area contributed by atoms with Crippen molar-refractivity contribution in [3.05, 3.63) is 29.6 Å². The monoisotopic (exact) mass is 263 g/mol. The van der Waals surface area contributed by atoms with Crippen molar-refractivity contribution in [3.63, 3.8) is 0 Å². The van der Waals surface area contributed by atoms with Crippen molar-refractivity contribution >= 4 is 6.09 Å². The van der Waals surface area contributed by atoms with Crippen LogP contribution in [-0.4, -0.2) is 28.3 Å². The molecule has 0 saturated heterocycles. The van der Waals surface area contributed by atoms with Crippen LogP contribution in [0.25, 0.3) is 0 Å². The molecule has 0 saturated carbocycles. The van der Waals surface area contributed by atoms with Gasteiger partial charge in [0.2, 0.25) is 0 Å². The van der Waals surface area contributed by atoms with Gasteiger partial charge in [-0.3, -0.25) is 4.98 Å². The van der Waals surface area contributed by atoms with Crippen LogP contribution in [-0.2, 0) is 4.74 Å². The van der Waals surface area contributed by atoms with Crippen LogP contribution in [0.1, 0.15) is 38.1 Å². The maximum absolute atomic E-state index is 11.4. The van der Waals surface area contributed by atoms with E-state index in [2.05, 4.69) is 10.3 Å². The quantitative estimate of drug-likeness (QED) is 0.861. The van der Waals surface area contributed by atoms with Crippen molar-refractivity contribution in [1.82, 2.24) is 10.3 Å². The van der Waals surface area contributed by atoms with E-state index in [0.29, 0.717) is 11.3 Å². The number of rotatable bonds is 3. The first-order valence-electron chi connectivity index (χ1n) is 5.83. The van der Waals surface area contributed by atoms with Gasteiger partial charge < -0.3 is 15.2 Å². The molecule has 1 unspecified atom stereocenters. The molecule has 0 aliphatic heterocycles. The van der Waals surface area contributed by atoms with Gasteiger partial charge in [-0.15, -0.1) is 0 Å². The molecular weight excluding hydrogens is 246 g/mol. The second-order valence-corrected chi connectivity index (χ2v) is 4.98. The van der Waals surface area contributed by atoms with Gasteiger partial charge in [-0.05, 0) is 32.9 Å². The summed E-state index contributed by atoms with van der Waals surface area (Å²) in [7, 11) is 0. The van der Waals surface area contributed by atoms with Crippen molar-refractivity contribution in [3.8, 4) is 6.07 Å². The second-order valence-electron chi connectivity index (χ2n) is 4.98. The Morgan fingerprint density at radius 1 is 1.58 bits per heavy atom. The topological polar surface area (TPSA) is 95.2 Å². The average molecular weight is 263 g/mol. The number of hydrogen-bond acceptors (Lipinski definition) is 5. The van der Waals surface area contributed by atoms with E-state index in [1.807, 2.05) is 6.07 Å². The number of nitriles is 1. The summed E-state index contributed by atoms with van der Waals surface area (Å²) in [6.45, 7) is 5.26. The molecule has 2 N–H and O–H groups in total. The molecule has 19 heavy (non-hydrogen) atoms. The van der Waals surface area contributed by atoms with Crippen molar-refractivity contribution < 1.29 is 14.6 Å². The third-order valence-corrected chi connectivity index (χ3v) is 2.10. The molecule has 0 bridgehead atoms. The zero-order chi connectivity index (χ0) is 14.5. The highest BCUT2D eigenvalue weighted by Gasteiger charge is 2.17. The highest BCUT2D eigenvalue weighted by atomic mass is 16.6. The molecule has 1 rings (SSSR count). The Balaban J connectivity index is 2.49. The molecule has 0 radical (unpaired) electrons. The Morgan fingerprint density at radius 2 is 2.26 bits per heavy atom.